The molecule has 4 nitrogen and oxygen atoms in total. The Kier molecular flexibility index (Phi) is 5.01. The lowest BCUT2D eigenvalue weighted by Gasteiger charge is -2.18. The molecule has 0 spiro atoms. The maximum atomic E-state index is 12.1. The molecule has 20 heavy (non-hydrogen) atoms. The molecular weight excluding hydrogens is 254 g/mol. The fourth-order valence-electron chi connectivity index (χ4n) is 2.83. The molecule has 1 N–H and O–H groups in total. The molecule has 3 atom stereocenters. The lowest BCUT2D eigenvalue weighted by atomic mass is 9.90. The second kappa shape index (κ2) is 6.75. The van der Waals surface area contributed by atoms with Crippen molar-refractivity contribution in [2.24, 2.45) is 11.8 Å². The average molecular weight is 277 g/mol. The first-order valence-electron chi connectivity index (χ1n) is 7.25. The number of likely N-dealkylation sites (tertiary alicyclic amines) is 1. The number of rotatable bonds is 4. The van der Waals surface area contributed by atoms with Crippen molar-refractivity contribution < 1.29 is 14.6 Å². The van der Waals surface area contributed by atoms with Crippen molar-refractivity contribution in [3.05, 3.63) is 35.9 Å². The molecule has 0 bridgehead atoms. The van der Waals surface area contributed by atoms with Gasteiger partial charge in [-0.05, 0) is 18.4 Å². The van der Waals surface area contributed by atoms with Gasteiger partial charge in [-0.25, -0.2) is 4.79 Å². The summed E-state index contributed by atoms with van der Waals surface area (Å²) in [6.45, 7) is 5.46. The van der Waals surface area contributed by atoms with Crippen LogP contribution in [0.3, 0.4) is 0 Å². The van der Waals surface area contributed by atoms with Crippen LogP contribution < -0.4 is 0 Å². The van der Waals surface area contributed by atoms with Crippen molar-refractivity contribution in [2.45, 2.75) is 33.0 Å². The van der Waals surface area contributed by atoms with Gasteiger partial charge in [-0.1, -0.05) is 43.7 Å². The number of amides is 1. The molecule has 2 rings (SSSR count). The maximum absolute atomic E-state index is 12.1. The van der Waals surface area contributed by atoms with Crippen molar-refractivity contribution in [2.75, 3.05) is 13.1 Å². The molecular formula is C16H23NO3. The molecule has 4 heteroatoms. The summed E-state index contributed by atoms with van der Waals surface area (Å²) in [6.07, 6.45) is 0.306. The normalized spacial score (nSPS) is 23.6. The molecule has 1 aliphatic heterocycles. The molecule has 0 saturated carbocycles. The van der Waals surface area contributed by atoms with E-state index in [0.29, 0.717) is 25.6 Å². The van der Waals surface area contributed by atoms with E-state index in [-0.39, 0.29) is 18.1 Å². The Bertz CT molecular complexity index is 433. The van der Waals surface area contributed by atoms with Crippen LogP contribution in [0.4, 0.5) is 4.79 Å². The van der Waals surface area contributed by atoms with Crippen LogP contribution in [0.5, 0.6) is 0 Å². The molecule has 1 unspecified atom stereocenters. The van der Waals surface area contributed by atoms with Gasteiger partial charge in [-0.2, -0.15) is 0 Å². The first-order chi connectivity index (χ1) is 9.61. The van der Waals surface area contributed by atoms with Gasteiger partial charge in [0.15, 0.2) is 0 Å². The van der Waals surface area contributed by atoms with Crippen LogP contribution in [0.1, 0.15) is 25.8 Å². The number of aliphatic hydroxyl groups is 1. The summed E-state index contributed by atoms with van der Waals surface area (Å²) in [5.41, 5.74) is 0.985. The summed E-state index contributed by atoms with van der Waals surface area (Å²) < 4.78 is 5.34. The predicted octanol–water partition coefficient (Wildman–Crippen LogP) is 2.66. The molecule has 1 amide bonds. The highest BCUT2D eigenvalue weighted by Gasteiger charge is 2.37. The van der Waals surface area contributed by atoms with E-state index in [1.807, 2.05) is 30.3 Å². The fourth-order valence-corrected chi connectivity index (χ4v) is 2.83. The highest BCUT2D eigenvalue weighted by molar-refractivity contribution is 5.68. The minimum Gasteiger partial charge on any atom is -0.445 e. The van der Waals surface area contributed by atoms with Crippen LogP contribution in [0.25, 0.3) is 0 Å². The zero-order valence-corrected chi connectivity index (χ0v) is 12.2. The van der Waals surface area contributed by atoms with E-state index in [9.17, 15) is 9.90 Å². The van der Waals surface area contributed by atoms with Gasteiger partial charge in [-0.15, -0.1) is 0 Å². The first-order valence-corrected chi connectivity index (χ1v) is 7.25. The summed E-state index contributed by atoms with van der Waals surface area (Å²) in [4.78, 5) is 13.8. The monoisotopic (exact) mass is 277 g/mol. The van der Waals surface area contributed by atoms with Crippen molar-refractivity contribution in [3.63, 3.8) is 0 Å². The van der Waals surface area contributed by atoms with Crippen molar-refractivity contribution in [3.8, 4) is 0 Å². The van der Waals surface area contributed by atoms with E-state index in [2.05, 4.69) is 6.92 Å². The molecule has 0 radical (unpaired) electrons. The van der Waals surface area contributed by atoms with E-state index in [1.165, 1.54) is 0 Å². The van der Waals surface area contributed by atoms with Gasteiger partial charge >= 0.3 is 6.09 Å². The predicted molar refractivity (Wildman–Crippen MR) is 77.2 cm³/mol. The van der Waals surface area contributed by atoms with Crippen LogP contribution >= 0.6 is 0 Å². The van der Waals surface area contributed by atoms with E-state index in [0.717, 1.165) is 12.0 Å². The SMILES string of the molecule is CC[C@@H]1CN(C(=O)OCc2ccccc2)C[C@@H]1C(C)O. The second-order valence-electron chi connectivity index (χ2n) is 5.52. The van der Waals surface area contributed by atoms with Gasteiger partial charge in [0, 0.05) is 19.0 Å². The average Bonchev–Trinajstić information content (AvgIpc) is 2.90. The van der Waals surface area contributed by atoms with E-state index in [1.54, 1.807) is 11.8 Å². The summed E-state index contributed by atoms with van der Waals surface area (Å²) in [7, 11) is 0. The number of carbonyl (C=O) groups excluding carboxylic acids is 1. The Morgan fingerprint density at radius 3 is 2.65 bits per heavy atom. The van der Waals surface area contributed by atoms with Gasteiger partial charge in [0.2, 0.25) is 0 Å². The summed E-state index contributed by atoms with van der Waals surface area (Å²) >= 11 is 0. The number of carbonyl (C=O) groups is 1. The topological polar surface area (TPSA) is 49.8 Å². The largest absolute Gasteiger partial charge is 0.445 e. The minimum atomic E-state index is -0.383. The number of nitrogens with zero attached hydrogens (tertiary/aromatic N) is 1. The zero-order chi connectivity index (χ0) is 14.5. The van der Waals surface area contributed by atoms with E-state index in [4.69, 9.17) is 4.74 Å². The van der Waals surface area contributed by atoms with E-state index >= 15 is 0 Å². The first kappa shape index (κ1) is 14.9. The summed E-state index contributed by atoms with van der Waals surface area (Å²) in [5, 5.41) is 9.78. The highest BCUT2D eigenvalue weighted by Crippen LogP contribution is 2.29. The number of ether oxygens (including phenoxy) is 1. The molecule has 1 heterocycles. The van der Waals surface area contributed by atoms with Crippen molar-refractivity contribution in [1.82, 2.24) is 4.90 Å². The molecule has 1 aromatic rings. The number of benzene rings is 1. The maximum Gasteiger partial charge on any atom is 0.410 e. The molecule has 0 aliphatic carbocycles. The van der Waals surface area contributed by atoms with E-state index < -0.39 is 0 Å². The van der Waals surface area contributed by atoms with Crippen LogP contribution in [-0.4, -0.2) is 35.3 Å². The third kappa shape index (κ3) is 3.51. The third-order valence-corrected chi connectivity index (χ3v) is 4.10. The summed E-state index contributed by atoms with van der Waals surface area (Å²) in [5.74, 6) is 0.517. The van der Waals surface area contributed by atoms with Crippen LogP contribution in [0.2, 0.25) is 0 Å². The number of hydrogen-bond donors (Lipinski definition) is 1. The minimum absolute atomic E-state index is 0.157. The second-order valence-corrected chi connectivity index (χ2v) is 5.52. The van der Waals surface area contributed by atoms with Gasteiger partial charge in [0.1, 0.15) is 6.61 Å². The molecule has 1 aromatic carbocycles. The Morgan fingerprint density at radius 1 is 1.40 bits per heavy atom. The Hall–Kier alpha value is -1.55. The van der Waals surface area contributed by atoms with Crippen LogP contribution in [0.15, 0.2) is 30.3 Å². The Morgan fingerprint density at radius 2 is 2.10 bits per heavy atom. The van der Waals surface area contributed by atoms with Crippen molar-refractivity contribution in [1.29, 1.82) is 0 Å². The van der Waals surface area contributed by atoms with Gasteiger partial charge < -0.3 is 14.7 Å². The van der Waals surface area contributed by atoms with Crippen LogP contribution in [0, 0.1) is 11.8 Å². The molecule has 1 fully saturated rings. The molecule has 110 valence electrons. The third-order valence-electron chi connectivity index (χ3n) is 4.10. The molecule has 1 aliphatic rings. The summed E-state index contributed by atoms with van der Waals surface area (Å²) in [6, 6.07) is 9.66. The standard InChI is InChI=1S/C16H23NO3/c1-3-14-9-17(10-15(14)12(2)18)16(19)20-11-13-7-5-4-6-8-13/h4-8,12,14-15,18H,3,9-11H2,1-2H3/t12?,14-,15-/m1/s1. The fraction of sp³-hybridized carbons (Fsp3) is 0.562. The van der Waals surface area contributed by atoms with Gasteiger partial charge in [0.25, 0.3) is 0 Å². The Labute approximate surface area is 120 Å². The quantitative estimate of drug-likeness (QED) is 0.920. The Balaban J connectivity index is 1.87. The lowest BCUT2D eigenvalue weighted by Crippen LogP contribution is -2.30. The number of aliphatic hydroxyl groups excluding tert-OH is 1. The zero-order valence-electron chi connectivity index (χ0n) is 12.2. The van der Waals surface area contributed by atoms with Crippen molar-refractivity contribution >= 4 is 6.09 Å². The molecule has 0 aromatic heterocycles. The number of hydrogen-bond acceptors (Lipinski definition) is 3. The molecule has 1 saturated heterocycles. The lowest BCUT2D eigenvalue weighted by molar-refractivity contribution is 0.0923. The van der Waals surface area contributed by atoms with Gasteiger partial charge in [0.05, 0.1) is 6.10 Å². The highest BCUT2D eigenvalue weighted by atomic mass is 16.6. The van der Waals surface area contributed by atoms with Crippen LogP contribution in [-0.2, 0) is 11.3 Å². The van der Waals surface area contributed by atoms with Gasteiger partial charge in [-0.3, -0.25) is 0 Å². The smallest absolute Gasteiger partial charge is 0.410 e.